The second-order valence-electron chi connectivity index (χ2n) is 8.46. The van der Waals surface area contributed by atoms with E-state index in [1.807, 2.05) is 54.6 Å². The number of aromatic nitrogens is 3. The van der Waals surface area contributed by atoms with Crippen molar-refractivity contribution >= 4 is 16.9 Å². The largest absolute Gasteiger partial charge is 0.457 e. The molecule has 1 aliphatic carbocycles. The first kappa shape index (κ1) is 20.5. The van der Waals surface area contributed by atoms with Crippen LogP contribution in [0.3, 0.4) is 0 Å². The molecule has 4 N–H and O–H groups in total. The third kappa shape index (κ3) is 3.81. The molecule has 7 nitrogen and oxygen atoms in total. The van der Waals surface area contributed by atoms with E-state index in [1.54, 1.807) is 0 Å². The van der Waals surface area contributed by atoms with Gasteiger partial charge in [0, 0.05) is 17.8 Å². The fourth-order valence-electron chi connectivity index (χ4n) is 4.51. The maximum Gasteiger partial charge on any atom is 0.146 e. The molecule has 1 fully saturated rings. The molecule has 0 amide bonds. The van der Waals surface area contributed by atoms with E-state index in [0.29, 0.717) is 18.7 Å². The smallest absolute Gasteiger partial charge is 0.146 e. The lowest BCUT2D eigenvalue weighted by Crippen LogP contribution is -2.38. The third-order valence-corrected chi connectivity index (χ3v) is 6.36. The van der Waals surface area contributed by atoms with Crippen LogP contribution >= 0.6 is 0 Å². The number of hydrogen-bond acceptors (Lipinski definition) is 6. The average Bonchev–Trinajstić information content (AvgIpc) is 3.22. The van der Waals surface area contributed by atoms with Crippen LogP contribution in [0.2, 0.25) is 0 Å². The summed E-state index contributed by atoms with van der Waals surface area (Å²) in [4.78, 5) is 8.75. The molecule has 0 radical (unpaired) electrons. The molecule has 0 bridgehead atoms. The van der Waals surface area contributed by atoms with Gasteiger partial charge >= 0.3 is 0 Å². The minimum atomic E-state index is -0.981. The molecule has 7 heteroatoms. The predicted octanol–water partition coefficient (Wildman–Crippen LogP) is 4.31. The maximum atomic E-state index is 10.4. The number of nitrogen functional groups attached to an aromatic ring is 1. The van der Waals surface area contributed by atoms with Crippen molar-refractivity contribution in [2.45, 2.75) is 37.3 Å². The summed E-state index contributed by atoms with van der Waals surface area (Å²) in [6.45, 7) is -0.204. The molecule has 2 aromatic carbocycles. The minimum Gasteiger partial charge on any atom is -0.457 e. The van der Waals surface area contributed by atoms with Crippen LogP contribution in [-0.2, 0) is 0 Å². The number of nitrogens with zero attached hydrogens (tertiary/aromatic N) is 3. The van der Waals surface area contributed by atoms with Crippen molar-refractivity contribution in [3.05, 3.63) is 67.1 Å². The van der Waals surface area contributed by atoms with Crippen LogP contribution in [0.4, 0.5) is 5.82 Å². The SMILES string of the molecule is Nc1ncnc2c1c(-c1ccc(Oc3ccccc3)cc1)cn2[C@H]1CC[C@@](O)(CO)CC1. The van der Waals surface area contributed by atoms with Gasteiger partial charge in [0.25, 0.3) is 0 Å². The monoisotopic (exact) mass is 430 g/mol. The number of nitrogens with two attached hydrogens (primary N) is 1. The Labute approximate surface area is 186 Å². The molecule has 2 aromatic heterocycles. The van der Waals surface area contributed by atoms with Gasteiger partial charge in [0.1, 0.15) is 29.3 Å². The number of anilines is 1. The van der Waals surface area contributed by atoms with Crippen molar-refractivity contribution in [2.75, 3.05) is 12.3 Å². The highest BCUT2D eigenvalue weighted by atomic mass is 16.5. The van der Waals surface area contributed by atoms with Gasteiger partial charge in [-0.05, 0) is 55.5 Å². The summed E-state index contributed by atoms with van der Waals surface area (Å²) in [5.74, 6) is 1.98. The lowest BCUT2D eigenvalue weighted by atomic mass is 9.82. The average molecular weight is 431 g/mol. The normalized spacial score (nSPS) is 21.0. The van der Waals surface area contributed by atoms with Gasteiger partial charge in [-0.2, -0.15) is 0 Å². The van der Waals surface area contributed by atoms with Crippen molar-refractivity contribution in [1.82, 2.24) is 14.5 Å². The summed E-state index contributed by atoms with van der Waals surface area (Å²) in [5.41, 5.74) is 8.04. The number of para-hydroxylation sites is 1. The zero-order valence-corrected chi connectivity index (χ0v) is 17.7. The Morgan fingerprint density at radius 3 is 2.38 bits per heavy atom. The van der Waals surface area contributed by atoms with E-state index in [-0.39, 0.29) is 12.6 Å². The molecule has 5 rings (SSSR count). The van der Waals surface area contributed by atoms with Gasteiger partial charge in [-0.15, -0.1) is 0 Å². The topological polar surface area (TPSA) is 106 Å². The van der Waals surface area contributed by atoms with Gasteiger partial charge in [0.15, 0.2) is 0 Å². The minimum absolute atomic E-state index is 0.174. The van der Waals surface area contributed by atoms with E-state index in [2.05, 4.69) is 20.7 Å². The Bertz CT molecular complexity index is 1210. The summed E-state index contributed by atoms with van der Waals surface area (Å²) >= 11 is 0. The molecule has 0 atom stereocenters. The van der Waals surface area contributed by atoms with E-state index < -0.39 is 5.60 Å². The zero-order valence-electron chi connectivity index (χ0n) is 17.7. The van der Waals surface area contributed by atoms with Crippen molar-refractivity contribution < 1.29 is 14.9 Å². The van der Waals surface area contributed by atoms with Crippen LogP contribution in [0.15, 0.2) is 67.1 Å². The molecular formula is C25H26N4O3. The number of ether oxygens (including phenoxy) is 1. The second-order valence-corrected chi connectivity index (χ2v) is 8.46. The summed E-state index contributed by atoms with van der Waals surface area (Å²) in [6.07, 6.45) is 6.19. The first-order chi connectivity index (χ1) is 15.6. The highest BCUT2D eigenvalue weighted by Crippen LogP contribution is 2.40. The Balaban J connectivity index is 1.48. The second kappa shape index (κ2) is 8.26. The van der Waals surface area contributed by atoms with Gasteiger partial charge in [0.05, 0.1) is 17.6 Å². The predicted molar refractivity (Wildman–Crippen MR) is 123 cm³/mol. The highest BCUT2D eigenvalue weighted by Gasteiger charge is 2.34. The number of benzene rings is 2. The lowest BCUT2D eigenvalue weighted by molar-refractivity contribution is -0.0499. The van der Waals surface area contributed by atoms with Gasteiger partial charge < -0.3 is 25.3 Å². The van der Waals surface area contributed by atoms with Gasteiger partial charge in [-0.25, -0.2) is 9.97 Å². The van der Waals surface area contributed by atoms with Gasteiger partial charge in [0.2, 0.25) is 0 Å². The Kier molecular flexibility index (Phi) is 5.28. The standard InChI is InChI=1S/C25H26N4O3/c26-23-22-21(17-6-8-20(9-7-17)32-19-4-2-1-3-5-19)14-29(24(22)28-16-27-23)18-10-12-25(31,15-30)13-11-18/h1-9,14,16,18,30-31H,10-13,15H2,(H2,26,27,28)/t18-,25-. The Morgan fingerprint density at radius 2 is 1.69 bits per heavy atom. The van der Waals surface area contributed by atoms with E-state index in [9.17, 15) is 10.2 Å². The maximum absolute atomic E-state index is 10.4. The molecule has 2 heterocycles. The molecule has 32 heavy (non-hydrogen) atoms. The van der Waals surface area contributed by atoms with Crippen molar-refractivity contribution in [3.8, 4) is 22.6 Å². The Morgan fingerprint density at radius 1 is 1.00 bits per heavy atom. The first-order valence-corrected chi connectivity index (χ1v) is 10.8. The van der Waals surface area contributed by atoms with E-state index in [0.717, 1.165) is 46.5 Å². The zero-order chi connectivity index (χ0) is 22.1. The molecular weight excluding hydrogens is 404 g/mol. The number of aliphatic hydroxyl groups excluding tert-OH is 1. The van der Waals surface area contributed by atoms with Crippen molar-refractivity contribution in [3.63, 3.8) is 0 Å². The molecule has 4 aromatic rings. The number of fused-ring (bicyclic) bond motifs is 1. The molecule has 0 unspecified atom stereocenters. The first-order valence-electron chi connectivity index (χ1n) is 10.8. The molecule has 0 saturated heterocycles. The van der Waals surface area contributed by atoms with Gasteiger partial charge in [-0.1, -0.05) is 30.3 Å². The van der Waals surface area contributed by atoms with Crippen LogP contribution in [0.1, 0.15) is 31.7 Å². The van der Waals surface area contributed by atoms with E-state index in [4.69, 9.17) is 10.5 Å². The molecule has 164 valence electrons. The van der Waals surface area contributed by atoms with E-state index >= 15 is 0 Å². The number of rotatable bonds is 5. The van der Waals surface area contributed by atoms with Crippen LogP contribution in [0.5, 0.6) is 11.5 Å². The highest BCUT2D eigenvalue weighted by molar-refractivity contribution is 6.00. The quantitative estimate of drug-likeness (QED) is 0.436. The van der Waals surface area contributed by atoms with Crippen LogP contribution in [-0.4, -0.2) is 37.0 Å². The van der Waals surface area contributed by atoms with Crippen molar-refractivity contribution in [2.24, 2.45) is 0 Å². The number of aliphatic hydroxyl groups is 2. The van der Waals surface area contributed by atoms with E-state index in [1.165, 1.54) is 6.33 Å². The summed E-state index contributed by atoms with van der Waals surface area (Å²) in [5, 5.41) is 20.7. The van der Waals surface area contributed by atoms with Crippen LogP contribution in [0.25, 0.3) is 22.2 Å². The summed E-state index contributed by atoms with van der Waals surface area (Å²) in [6, 6.07) is 17.7. The fraction of sp³-hybridized carbons (Fsp3) is 0.280. The lowest BCUT2D eigenvalue weighted by Gasteiger charge is -2.35. The molecule has 0 aliphatic heterocycles. The van der Waals surface area contributed by atoms with Gasteiger partial charge in [-0.3, -0.25) is 0 Å². The molecule has 1 aliphatic rings. The van der Waals surface area contributed by atoms with Crippen LogP contribution in [0, 0.1) is 0 Å². The molecule has 1 saturated carbocycles. The Hall–Kier alpha value is -3.42. The summed E-state index contributed by atoms with van der Waals surface area (Å²) < 4.78 is 8.06. The van der Waals surface area contributed by atoms with Crippen LogP contribution < -0.4 is 10.5 Å². The summed E-state index contributed by atoms with van der Waals surface area (Å²) in [7, 11) is 0. The number of hydrogen-bond donors (Lipinski definition) is 3. The third-order valence-electron chi connectivity index (χ3n) is 6.36. The fourth-order valence-corrected chi connectivity index (χ4v) is 4.51. The van der Waals surface area contributed by atoms with Crippen molar-refractivity contribution in [1.29, 1.82) is 0 Å². The molecule has 0 spiro atoms.